The molecule has 168 valence electrons. The molecule has 2 heteroatoms. The second-order valence-electron chi connectivity index (χ2n) is 8.78. The minimum Gasteiger partial charge on any atom is -0.308 e. The van der Waals surface area contributed by atoms with Crippen molar-refractivity contribution in [2.24, 2.45) is 0 Å². The van der Waals surface area contributed by atoms with E-state index in [1.54, 1.807) is 0 Å². The van der Waals surface area contributed by atoms with Gasteiger partial charge in [0.05, 0.1) is 0 Å². The van der Waals surface area contributed by atoms with E-state index < -0.39 is 0 Å². The van der Waals surface area contributed by atoms with E-state index in [-0.39, 0.29) is 12.1 Å². The van der Waals surface area contributed by atoms with Crippen LogP contribution in [0.3, 0.4) is 0 Å². The summed E-state index contributed by atoms with van der Waals surface area (Å²) in [6.07, 6.45) is 1.95. The molecule has 0 saturated heterocycles. The van der Waals surface area contributed by atoms with Crippen molar-refractivity contribution < 1.29 is 0 Å². The average Bonchev–Trinajstić information content (AvgIpc) is 2.88. The van der Waals surface area contributed by atoms with Crippen LogP contribution in [0.25, 0.3) is 0 Å². The third kappa shape index (κ3) is 7.15. The lowest BCUT2D eigenvalue weighted by Crippen LogP contribution is -2.40. The summed E-state index contributed by atoms with van der Waals surface area (Å²) in [6.45, 7) is 3.17. The van der Waals surface area contributed by atoms with Crippen LogP contribution in [0, 0.1) is 0 Å². The average molecular weight is 435 g/mol. The van der Waals surface area contributed by atoms with E-state index in [9.17, 15) is 0 Å². The van der Waals surface area contributed by atoms with Gasteiger partial charge in [-0.25, -0.2) is 0 Å². The van der Waals surface area contributed by atoms with E-state index in [2.05, 4.69) is 139 Å². The van der Waals surface area contributed by atoms with E-state index in [0.717, 1.165) is 19.4 Å². The van der Waals surface area contributed by atoms with Gasteiger partial charge in [0.25, 0.3) is 0 Å². The smallest absolute Gasteiger partial charge is 0.0363 e. The second kappa shape index (κ2) is 12.2. The molecule has 0 spiro atoms. The largest absolute Gasteiger partial charge is 0.308 e. The van der Waals surface area contributed by atoms with Crippen molar-refractivity contribution in [1.82, 2.24) is 10.6 Å². The number of hydrogen-bond donors (Lipinski definition) is 2. The van der Waals surface area contributed by atoms with Gasteiger partial charge >= 0.3 is 0 Å². The van der Waals surface area contributed by atoms with Crippen molar-refractivity contribution in [3.63, 3.8) is 0 Å². The van der Waals surface area contributed by atoms with Crippen molar-refractivity contribution >= 4 is 0 Å². The van der Waals surface area contributed by atoms with Gasteiger partial charge < -0.3 is 10.6 Å². The minimum absolute atomic E-state index is 0.273. The fourth-order valence-corrected chi connectivity index (χ4v) is 4.37. The molecular formula is C31H34N2. The third-order valence-corrected chi connectivity index (χ3v) is 6.13. The molecule has 0 aliphatic heterocycles. The van der Waals surface area contributed by atoms with Gasteiger partial charge in [-0.2, -0.15) is 0 Å². The SMILES string of the molecule is C[C@@H](CN[C@@H](Cc1ccccc1)c1ccccc1)N[C@@H](Cc1ccccc1)c1ccccc1. The normalized spacial score (nSPS) is 13.8. The van der Waals surface area contributed by atoms with Crippen LogP contribution in [0.4, 0.5) is 0 Å². The first-order valence-corrected chi connectivity index (χ1v) is 11.9. The number of hydrogen-bond acceptors (Lipinski definition) is 2. The summed E-state index contributed by atoms with van der Waals surface area (Å²) >= 11 is 0. The molecule has 2 nitrogen and oxygen atoms in total. The van der Waals surface area contributed by atoms with Crippen molar-refractivity contribution in [1.29, 1.82) is 0 Å². The molecule has 0 heterocycles. The molecule has 4 aromatic carbocycles. The molecule has 0 aliphatic carbocycles. The van der Waals surface area contributed by atoms with Crippen LogP contribution >= 0.6 is 0 Å². The molecule has 2 N–H and O–H groups in total. The van der Waals surface area contributed by atoms with E-state index in [0.29, 0.717) is 6.04 Å². The van der Waals surface area contributed by atoms with Gasteiger partial charge in [-0.15, -0.1) is 0 Å². The molecule has 4 rings (SSSR count). The van der Waals surface area contributed by atoms with Gasteiger partial charge in [-0.1, -0.05) is 121 Å². The maximum absolute atomic E-state index is 3.89. The summed E-state index contributed by atoms with van der Waals surface area (Å²) < 4.78 is 0. The van der Waals surface area contributed by atoms with Gasteiger partial charge in [0.15, 0.2) is 0 Å². The Bertz CT molecular complexity index is 1050. The molecular weight excluding hydrogens is 400 g/mol. The second-order valence-corrected chi connectivity index (χ2v) is 8.78. The first kappa shape index (κ1) is 23.0. The maximum Gasteiger partial charge on any atom is 0.0363 e. The highest BCUT2D eigenvalue weighted by atomic mass is 15.0. The fraction of sp³-hybridized carbons (Fsp3) is 0.226. The zero-order chi connectivity index (χ0) is 22.7. The van der Waals surface area contributed by atoms with E-state index in [4.69, 9.17) is 0 Å². The predicted octanol–water partition coefficient (Wildman–Crippen LogP) is 6.52. The van der Waals surface area contributed by atoms with Crippen LogP contribution < -0.4 is 10.6 Å². The van der Waals surface area contributed by atoms with Gasteiger partial charge in [-0.05, 0) is 42.0 Å². The Morgan fingerprint density at radius 3 is 1.39 bits per heavy atom. The number of rotatable bonds is 11. The lowest BCUT2D eigenvalue weighted by Gasteiger charge is -2.27. The van der Waals surface area contributed by atoms with Crippen LogP contribution in [-0.4, -0.2) is 12.6 Å². The molecule has 0 aliphatic rings. The van der Waals surface area contributed by atoms with Crippen molar-refractivity contribution in [3.05, 3.63) is 144 Å². The minimum atomic E-state index is 0.273. The summed E-state index contributed by atoms with van der Waals surface area (Å²) in [4.78, 5) is 0. The number of benzene rings is 4. The van der Waals surface area contributed by atoms with Crippen molar-refractivity contribution in [3.8, 4) is 0 Å². The van der Waals surface area contributed by atoms with E-state index in [1.807, 2.05) is 0 Å². The molecule has 0 radical (unpaired) electrons. The summed E-state index contributed by atoms with van der Waals surface area (Å²) in [5.74, 6) is 0. The standard InChI is InChI=1S/C31H34N2/c1-25(33-31(29-20-12-5-13-21-29)23-27-16-8-3-9-17-27)24-32-30(28-18-10-4-11-19-28)22-26-14-6-2-7-15-26/h2-21,25,30-33H,22-24H2,1H3/t25-,30-,31-/m0/s1. The first-order chi connectivity index (χ1) is 16.3. The highest BCUT2D eigenvalue weighted by molar-refractivity contribution is 5.25. The third-order valence-electron chi connectivity index (χ3n) is 6.13. The molecule has 0 bridgehead atoms. The number of nitrogens with one attached hydrogen (secondary N) is 2. The Kier molecular flexibility index (Phi) is 8.46. The molecule has 0 aromatic heterocycles. The highest BCUT2D eigenvalue weighted by Gasteiger charge is 2.17. The molecule has 0 fully saturated rings. The van der Waals surface area contributed by atoms with Crippen LogP contribution in [0.15, 0.2) is 121 Å². The quantitative estimate of drug-likeness (QED) is 0.281. The van der Waals surface area contributed by atoms with Crippen LogP contribution in [0.2, 0.25) is 0 Å². The summed E-state index contributed by atoms with van der Waals surface area (Å²) in [5.41, 5.74) is 5.37. The van der Waals surface area contributed by atoms with Gasteiger partial charge in [0.2, 0.25) is 0 Å². The molecule has 0 saturated carbocycles. The Balaban J connectivity index is 1.43. The summed E-state index contributed by atoms with van der Waals surface area (Å²) in [6, 6.07) is 43.9. The zero-order valence-corrected chi connectivity index (χ0v) is 19.4. The van der Waals surface area contributed by atoms with Gasteiger partial charge in [-0.3, -0.25) is 0 Å². The molecule has 4 aromatic rings. The van der Waals surface area contributed by atoms with Crippen molar-refractivity contribution in [2.75, 3.05) is 6.54 Å². The van der Waals surface area contributed by atoms with Crippen molar-refractivity contribution in [2.45, 2.75) is 37.9 Å². The molecule has 0 unspecified atom stereocenters. The Labute approximate surface area is 198 Å². The first-order valence-electron chi connectivity index (χ1n) is 11.9. The summed E-state index contributed by atoms with van der Waals surface area (Å²) in [7, 11) is 0. The van der Waals surface area contributed by atoms with Crippen LogP contribution in [-0.2, 0) is 12.8 Å². The lowest BCUT2D eigenvalue weighted by molar-refractivity contribution is 0.407. The van der Waals surface area contributed by atoms with Gasteiger partial charge in [0.1, 0.15) is 0 Å². The molecule has 0 amide bonds. The topological polar surface area (TPSA) is 24.1 Å². The summed E-state index contributed by atoms with van der Waals surface area (Å²) in [5, 5.41) is 7.73. The highest BCUT2D eigenvalue weighted by Crippen LogP contribution is 2.21. The predicted molar refractivity (Wildman–Crippen MR) is 139 cm³/mol. The van der Waals surface area contributed by atoms with Crippen LogP contribution in [0.1, 0.15) is 41.3 Å². The van der Waals surface area contributed by atoms with Gasteiger partial charge in [0, 0.05) is 24.7 Å². The van der Waals surface area contributed by atoms with E-state index >= 15 is 0 Å². The lowest BCUT2D eigenvalue weighted by atomic mass is 9.97. The molecule has 33 heavy (non-hydrogen) atoms. The Morgan fingerprint density at radius 2 is 0.909 bits per heavy atom. The monoisotopic (exact) mass is 434 g/mol. The van der Waals surface area contributed by atoms with E-state index in [1.165, 1.54) is 22.3 Å². The van der Waals surface area contributed by atoms with Crippen LogP contribution in [0.5, 0.6) is 0 Å². The Hall–Kier alpha value is -3.20. The Morgan fingerprint density at radius 1 is 0.515 bits per heavy atom. The zero-order valence-electron chi connectivity index (χ0n) is 19.4. The molecule has 3 atom stereocenters. The maximum atomic E-state index is 3.89. The fourth-order valence-electron chi connectivity index (χ4n) is 4.37.